The molecule has 5 nitrogen and oxygen atoms in total. The lowest BCUT2D eigenvalue weighted by Gasteiger charge is -2.22. The van der Waals surface area contributed by atoms with E-state index in [2.05, 4.69) is 5.32 Å². The summed E-state index contributed by atoms with van der Waals surface area (Å²) in [6.45, 7) is 0.136. The van der Waals surface area contributed by atoms with Crippen LogP contribution in [0.1, 0.15) is 11.1 Å². The summed E-state index contributed by atoms with van der Waals surface area (Å²) in [4.78, 5) is 15.1. The summed E-state index contributed by atoms with van der Waals surface area (Å²) in [5.41, 5.74) is -0.191. The highest BCUT2D eigenvalue weighted by molar-refractivity contribution is 5.90. The highest BCUT2D eigenvalue weighted by Gasteiger charge is 2.34. The Morgan fingerprint density at radius 3 is 2.38 bits per heavy atom. The zero-order valence-corrected chi connectivity index (χ0v) is 14.6. The number of carbonyl (C=O) groups excluding carboxylic acids is 1. The fourth-order valence-electron chi connectivity index (χ4n) is 2.37. The minimum absolute atomic E-state index is 0.0509. The number of benzene rings is 2. The Hall–Kier alpha value is -2.90. The molecular weight excluding hydrogens is 347 g/mol. The number of anilines is 2. The predicted molar refractivity (Wildman–Crippen MR) is 94.4 cm³/mol. The molecule has 0 radical (unpaired) electrons. The van der Waals surface area contributed by atoms with Crippen LogP contribution in [0.4, 0.5) is 29.3 Å². The van der Waals surface area contributed by atoms with Crippen LogP contribution in [0.3, 0.4) is 0 Å². The van der Waals surface area contributed by atoms with E-state index in [4.69, 9.17) is 0 Å². The van der Waals surface area contributed by atoms with Gasteiger partial charge in [-0.1, -0.05) is 12.1 Å². The molecule has 2 aromatic carbocycles. The molecule has 140 valence electrons. The fourth-order valence-corrected chi connectivity index (χ4v) is 2.37. The van der Waals surface area contributed by atoms with Crippen molar-refractivity contribution in [2.45, 2.75) is 12.7 Å². The standard InChI is InChI=1S/C18H20F3N3O2/c1-23(2)13-7-8-16(15(10-13)18(19,20)21)22-17(26)24(3)11-12-5-4-6-14(25)9-12/h4-10,25H,11H2,1-3H3,(H,22,26). The van der Waals surface area contributed by atoms with Crippen molar-refractivity contribution < 1.29 is 23.1 Å². The molecule has 0 atom stereocenters. The second kappa shape index (κ2) is 7.55. The first-order valence-electron chi connectivity index (χ1n) is 7.76. The van der Waals surface area contributed by atoms with Crippen LogP contribution in [0.5, 0.6) is 5.75 Å². The van der Waals surface area contributed by atoms with Gasteiger partial charge in [-0.05, 0) is 35.9 Å². The van der Waals surface area contributed by atoms with Crippen molar-refractivity contribution in [3.8, 4) is 5.75 Å². The topological polar surface area (TPSA) is 55.8 Å². The summed E-state index contributed by atoms with van der Waals surface area (Å²) in [6, 6.07) is 9.34. The van der Waals surface area contributed by atoms with Crippen molar-refractivity contribution in [1.29, 1.82) is 0 Å². The van der Waals surface area contributed by atoms with Gasteiger partial charge in [-0.15, -0.1) is 0 Å². The molecule has 0 fully saturated rings. The van der Waals surface area contributed by atoms with Crippen LogP contribution >= 0.6 is 0 Å². The summed E-state index contributed by atoms with van der Waals surface area (Å²) >= 11 is 0. The molecule has 0 aliphatic carbocycles. The number of nitrogens with one attached hydrogen (secondary N) is 1. The Bertz CT molecular complexity index is 791. The monoisotopic (exact) mass is 367 g/mol. The third-order valence-corrected chi connectivity index (χ3v) is 3.74. The number of amides is 2. The number of halogens is 3. The number of rotatable bonds is 4. The number of carbonyl (C=O) groups is 1. The number of phenolic OH excluding ortho intramolecular Hbond substituents is 1. The highest BCUT2D eigenvalue weighted by atomic mass is 19.4. The van der Waals surface area contributed by atoms with Crippen LogP contribution in [-0.2, 0) is 12.7 Å². The Labute approximate surface area is 149 Å². The van der Waals surface area contributed by atoms with Crippen LogP contribution in [0.2, 0.25) is 0 Å². The maximum Gasteiger partial charge on any atom is 0.418 e. The van der Waals surface area contributed by atoms with Gasteiger partial charge in [0.2, 0.25) is 0 Å². The van der Waals surface area contributed by atoms with Gasteiger partial charge in [-0.25, -0.2) is 4.79 Å². The number of urea groups is 1. The Balaban J connectivity index is 2.19. The molecule has 0 unspecified atom stereocenters. The molecule has 0 aliphatic heterocycles. The summed E-state index contributed by atoms with van der Waals surface area (Å²) in [7, 11) is 4.73. The van der Waals surface area contributed by atoms with Crippen molar-refractivity contribution in [3.05, 3.63) is 53.6 Å². The molecule has 2 amide bonds. The van der Waals surface area contributed by atoms with Gasteiger partial charge in [0.1, 0.15) is 5.75 Å². The van der Waals surface area contributed by atoms with Crippen LogP contribution in [-0.4, -0.2) is 37.2 Å². The third-order valence-electron chi connectivity index (χ3n) is 3.74. The van der Waals surface area contributed by atoms with Crippen molar-refractivity contribution in [2.24, 2.45) is 0 Å². The normalized spacial score (nSPS) is 11.2. The molecule has 2 N–H and O–H groups in total. The van der Waals surface area contributed by atoms with E-state index in [-0.39, 0.29) is 18.0 Å². The Morgan fingerprint density at radius 2 is 1.81 bits per heavy atom. The highest BCUT2D eigenvalue weighted by Crippen LogP contribution is 2.37. The van der Waals surface area contributed by atoms with E-state index in [9.17, 15) is 23.1 Å². The van der Waals surface area contributed by atoms with Crippen molar-refractivity contribution in [1.82, 2.24) is 4.90 Å². The summed E-state index contributed by atoms with van der Waals surface area (Å²) < 4.78 is 40.0. The molecule has 2 aromatic rings. The Kier molecular flexibility index (Phi) is 5.64. The molecular formula is C18H20F3N3O2. The minimum Gasteiger partial charge on any atom is -0.508 e. The van der Waals surface area contributed by atoms with E-state index in [1.165, 1.54) is 36.2 Å². The largest absolute Gasteiger partial charge is 0.508 e. The van der Waals surface area contributed by atoms with E-state index in [1.807, 2.05) is 0 Å². The minimum atomic E-state index is -4.60. The second-order valence-electron chi connectivity index (χ2n) is 6.08. The average Bonchev–Trinajstić information content (AvgIpc) is 2.53. The first kappa shape index (κ1) is 19.4. The molecule has 0 aromatic heterocycles. The summed E-state index contributed by atoms with van der Waals surface area (Å²) in [5, 5.41) is 11.8. The number of nitrogens with zero attached hydrogens (tertiary/aromatic N) is 2. The van der Waals surface area contributed by atoms with Gasteiger partial charge >= 0.3 is 12.2 Å². The lowest BCUT2D eigenvalue weighted by molar-refractivity contribution is -0.136. The summed E-state index contributed by atoms with van der Waals surface area (Å²) in [5.74, 6) is 0.0509. The zero-order valence-electron chi connectivity index (χ0n) is 14.6. The predicted octanol–water partition coefficient (Wildman–Crippen LogP) is 4.14. The van der Waals surface area contributed by atoms with Crippen LogP contribution in [0.25, 0.3) is 0 Å². The maximum atomic E-state index is 13.3. The van der Waals surface area contributed by atoms with Crippen LogP contribution in [0, 0.1) is 0 Å². The van der Waals surface area contributed by atoms with Crippen molar-refractivity contribution >= 4 is 17.4 Å². The van der Waals surface area contributed by atoms with Gasteiger partial charge < -0.3 is 20.2 Å². The first-order chi connectivity index (χ1) is 12.1. The molecule has 0 aliphatic rings. The molecule has 0 saturated carbocycles. The molecule has 0 heterocycles. The van der Waals surface area contributed by atoms with Gasteiger partial charge in [0.05, 0.1) is 11.3 Å². The first-order valence-corrected chi connectivity index (χ1v) is 7.76. The fraction of sp³-hybridized carbons (Fsp3) is 0.278. The number of aromatic hydroxyl groups is 1. The molecule has 0 saturated heterocycles. The molecule has 26 heavy (non-hydrogen) atoms. The van der Waals surface area contributed by atoms with E-state index in [0.29, 0.717) is 11.3 Å². The lowest BCUT2D eigenvalue weighted by Crippen LogP contribution is -2.31. The van der Waals surface area contributed by atoms with Crippen molar-refractivity contribution in [3.63, 3.8) is 0 Å². The molecule has 0 spiro atoms. The number of hydrogen-bond acceptors (Lipinski definition) is 3. The van der Waals surface area contributed by atoms with Crippen LogP contribution in [0.15, 0.2) is 42.5 Å². The van der Waals surface area contributed by atoms with Gasteiger partial charge in [-0.2, -0.15) is 13.2 Å². The number of alkyl halides is 3. The third kappa shape index (κ3) is 4.81. The summed E-state index contributed by atoms with van der Waals surface area (Å²) in [6.07, 6.45) is -4.60. The van der Waals surface area contributed by atoms with E-state index >= 15 is 0 Å². The van der Waals surface area contributed by atoms with Gasteiger partial charge in [0.15, 0.2) is 0 Å². The van der Waals surface area contributed by atoms with E-state index in [1.54, 1.807) is 31.1 Å². The number of phenols is 1. The quantitative estimate of drug-likeness (QED) is 0.854. The van der Waals surface area contributed by atoms with Gasteiger partial charge in [0.25, 0.3) is 0 Å². The smallest absolute Gasteiger partial charge is 0.418 e. The Morgan fingerprint density at radius 1 is 1.12 bits per heavy atom. The molecule has 0 bridgehead atoms. The van der Waals surface area contributed by atoms with E-state index < -0.39 is 17.8 Å². The van der Waals surface area contributed by atoms with Gasteiger partial charge in [0, 0.05) is 33.4 Å². The van der Waals surface area contributed by atoms with Crippen LogP contribution < -0.4 is 10.2 Å². The molecule has 2 rings (SSSR count). The molecule has 8 heteroatoms. The second-order valence-corrected chi connectivity index (χ2v) is 6.08. The zero-order chi connectivity index (χ0) is 19.5. The number of hydrogen-bond donors (Lipinski definition) is 2. The SMILES string of the molecule is CN(Cc1cccc(O)c1)C(=O)Nc1ccc(N(C)C)cc1C(F)(F)F. The maximum absolute atomic E-state index is 13.3. The van der Waals surface area contributed by atoms with Crippen molar-refractivity contribution in [2.75, 3.05) is 31.4 Å². The van der Waals surface area contributed by atoms with Gasteiger partial charge in [-0.3, -0.25) is 0 Å². The van der Waals surface area contributed by atoms with E-state index in [0.717, 1.165) is 6.07 Å². The average molecular weight is 367 g/mol. The lowest BCUT2D eigenvalue weighted by atomic mass is 10.1.